The van der Waals surface area contributed by atoms with Crippen molar-refractivity contribution in [2.75, 3.05) is 39.3 Å². The Morgan fingerprint density at radius 1 is 1.08 bits per heavy atom. The molecule has 1 heterocycles. The van der Waals surface area contributed by atoms with E-state index in [1.165, 1.54) is 0 Å². The van der Waals surface area contributed by atoms with E-state index in [4.69, 9.17) is 9.84 Å². The van der Waals surface area contributed by atoms with E-state index in [2.05, 4.69) is 11.8 Å². The van der Waals surface area contributed by atoms with E-state index in [1.807, 2.05) is 20.8 Å². The number of β-amino-alcohol motifs (C(OH)–C–C–N with tert-alkyl or cyclic N) is 1. The van der Waals surface area contributed by atoms with Gasteiger partial charge in [0.05, 0.1) is 6.61 Å². The number of hydrogen-bond donors (Lipinski definition) is 2. The van der Waals surface area contributed by atoms with Gasteiger partial charge in [-0.2, -0.15) is 0 Å². The third kappa shape index (κ3) is 4.48. The van der Waals surface area contributed by atoms with E-state index in [1.54, 1.807) is 4.90 Å². The minimum Gasteiger partial charge on any atom is -0.507 e. The van der Waals surface area contributed by atoms with Crippen LogP contribution in [0.2, 0.25) is 0 Å². The summed E-state index contributed by atoms with van der Waals surface area (Å²) in [6, 6.07) is 0. The molecule has 1 aliphatic rings. The van der Waals surface area contributed by atoms with Crippen LogP contribution < -0.4 is 4.74 Å². The van der Waals surface area contributed by atoms with Crippen molar-refractivity contribution < 1.29 is 19.7 Å². The number of piperazine rings is 1. The summed E-state index contributed by atoms with van der Waals surface area (Å²) in [6.45, 7) is 11.2. The largest absolute Gasteiger partial charge is 0.507 e. The molecule has 146 valence electrons. The molecule has 26 heavy (non-hydrogen) atoms. The second kappa shape index (κ2) is 9.24. The Hall–Kier alpha value is -1.79. The molecule has 0 atom stereocenters. The van der Waals surface area contributed by atoms with Gasteiger partial charge in [-0.05, 0) is 50.3 Å². The lowest BCUT2D eigenvalue weighted by atomic mass is 9.94. The predicted octanol–water partition coefficient (Wildman–Crippen LogP) is 2.77. The quantitative estimate of drug-likeness (QED) is 0.812. The molecule has 1 aromatic carbocycles. The van der Waals surface area contributed by atoms with Crippen LogP contribution in [-0.4, -0.2) is 65.4 Å². The molecule has 0 bridgehead atoms. The van der Waals surface area contributed by atoms with Gasteiger partial charge in [0.25, 0.3) is 0 Å². The number of benzene rings is 1. The number of aromatic hydroxyl groups is 1. The van der Waals surface area contributed by atoms with Gasteiger partial charge < -0.3 is 19.8 Å². The molecule has 1 saturated heterocycles. The van der Waals surface area contributed by atoms with Crippen LogP contribution in [0.4, 0.5) is 4.79 Å². The Morgan fingerprint density at radius 2 is 1.73 bits per heavy atom. The summed E-state index contributed by atoms with van der Waals surface area (Å²) in [6.07, 6.45) is 2.46. The number of carbonyl (C=O) groups excluding carboxylic acids is 1. The maximum Gasteiger partial charge on any atom is 0.415 e. The standard InChI is InChI=1S/C20H32N2O4/c1-5-6-7-17-16(4)18(24)14(2)15(3)19(17)26-20(25)22-10-8-21(9-11-22)12-13-23/h23-24H,5-13H2,1-4H3. The second-order valence-electron chi connectivity index (χ2n) is 7.06. The molecule has 6 heteroatoms. The molecule has 0 unspecified atom stereocenters. The summed E-state index contributed by atoms with van der Waals surface area (Å²) in [5.41, 5.74) is 3.32. The average molecular weight is 364 g/mol. The third-order valence-electron chi connectivity index (χ3n) is 5.36. The smallest absolute Gasteiger partial charge is 0.415 e. The van der Waals surface area contributed by atoms with E-state index in [-0.39, 0.29) is 12.7 Å². The Kier molecular flexibility index (Phi) is 7.29. The normalized spacial score (nSPS) is 15.3. The highest BCUT2D eigenvalue weighted by molar-refractivity contribution is 5.73. The van der Waals surface area contributed by atoms with Crippen molar-refractivity contribution in [1.29, 1.82) is 0 Å². The summed E-state index contributed by atoms with van der Waals surface area (Å²) < 4.78 is 5.83. The third-order valence-corrected chi connectivity index (χ3v) is 5.36. The maximum absolute atomic E-state index is 12.7. The number of ether oxygens (including phenoxy) is 1. The number of aliphatic hydroxyl groups is 1. The molecule has 0 spiro atoms. The first kappa shape index (κ1) is 20.5. The van der Waals surface area contributed by atoms with Gasteiger partial charge >= 0.3 is 6.09 Å². The fourth-order valence-corrected chi connectivity index (χ4v) is 3.41. The summed E-state index contributed by atoms with van der Waals surface area (Å²) >= 11 is 0. The van der Waals surface area contributed by atoms with E-state index < -0.39 is 0 Å². The van der Waals surface area contributed by atoms with Crippen LogP contribution in [0, 0.1) is 20.8 Å². The second-order valence-corrected chi connectivity index (χ2v) is 7.06. The summed E-state index contributed by atoms with van der Waals surface area (Å²) in [7, 11) is 0. The Labute approximate surface area is 156 Å². The van der Waals surface area contributed by atoms with Crippen molar-refractivity contribution in [3.8, 4) is 11.5 Å². The minimum atomic E-state index is -0.334. The van der Waals surface area contributed by atoms with Crippen molar-refractivity contribution in [3.63, 3.8) is 0 Å². The predicted molar refractivity (Wildman–Crippen MR) is 102 cm³/mol. The number of amides is 1. The van der Waals surface area contributed by atoms with Crippen molar-refractivity contribution >= 4 is 6.09 Å². The van der Waals surface area contributed by atoms with Crippen LogP contribution in [0.15, 0.2) is 0 Å². The fraction of sp³-hybridized carbons (Fsp3) is 0.650. The van der Waals surface area contributed by atoms with Crippen molar-refractivity contribution in [3.05, 3.63) is 22.3 Å². The van der Waals surface area contributed by atoms with Crippen molar-refractivity contribution in [2.45, 2.75) is 47.0 Å². The van der Waals surface area contributed by atoms with Crippen molar-refractivity contribution in [1.82, 2.24) is 9.80 Å². The minimum absolute atomic E-state index is 0.135. The molecule has 6 nitrogen and oxygen atoms in total. The van der Waals surface area contributed by atoms with E-state index in [9.17, 15) is 9.90 Å². The lowest BCUT2D eigenvalue weighted by Crippen LogP contribution is -2.50. The lowest BCUT2D eigenvalue weighted by molar-refractivity contribution is 0.100. The van der Waals surface area contributed by atoms with Gasteiger partial charge in [0.15, 0.2) is 0 Å². The molecular weight excluding hydrogens is 332 g/mol. The van der Waals surface area contributed by atoms with Gasteiger partial charge in [0, 0.05) is 38.3 Å². The molecule has 0 aromatic heterocycles. The van der Waals surface area contributed by atoms with Crippen LogP contribution in [-0.2, 0) is 6.42 Å². The number of unbranched alkanes of at least 4 members (excludes halogenated alkanes) is 1. The Bertz CT molecular complexity index is 637. The van der Waals surface area contributed by atoms with Gasteiger partial charge in [-0.25, -0.2) is 4.79 Å². The number of phenols is 1. The van der Waals surface area contributed by atoms with Gasteiger partial charge in [-0.1, -0.05) is 13.3 Å². The zero-order valence-electron chi connectivity index (χ0n) is 16.5. The van der Waals surface area contributed by atoms with Gasteiger partial charge in [0.1, 0.15) is 11.5 Å². The fourth-order valence-electron chi connectivity index (χ4n) is 3.41. The molecular formula is C20H32N2O4. The highest BCUT2D eigenvalue weighted by Gasteiger charge is 2.25. The van der Waals surface area contributed by atoms with Crippen LogP contribution in [0.5, 0.6) is 11.5 Å². The molecule has 2 rings (SSSR count). The number of phenolic OH excluding ortho intramolecular Hbond substituents is 1. The van der Waals surface area contributed by atoms with E-state index in [0.717, 1.165) is 54.6 Å². The number of rotatable bonds is 6. The highest BCUT2D eigenvalue weighted by Crippen LogP contribution is 2.38. The number of hydrogen-bond acceptors (Lipinski definition) is 5. The summed E-state index contributed by atoms with van der Waals surface area (Å²) in [5, 5.41) is 19.4. The summed E-state index contributed by atoms with van der Waals surface area (Å²) in [5.74, 6) is 0.903. The first-order valence-electron chi connectivity index (χ1n) is 9.52. The van der Waals surface area contributed by atoms with Gasteiger partial charge in [-0.15, -0.1) is 0 Å². The van der Waals surface area contributed by atoms with Crippen LogP contribution >= 0.6 is 0 Å². The van der Waals surface area contributed by atoms with Crippen LogP contribution in [0.3, 0.4) is 0 Å². The number of carbonyl (C=O) groups is 1. The summed E-state index contributed by atoms with van der Waals surface area (Å²) in [4.78, 5) is 16.5. The molecule has 0 aliphatic carbocycles. The van der Waals surface area contributed by atoms with Crippen LogP contribution in [0.25, 0.3) is 0 Å². The van der Waals surface area contributed by atoms with E-state index in [0.29, 0.717) is 31.1 Å². The van der Waals surface area contributed by atoms with Gasteiger partial charge in [-0.3, -0.25) is 4.90 Å². The molecule has 1 fully saturated rings. The SMILES string of the molecule is CCCCc1c(C)c(O)c(C)c(C)c1OC(=O)N1CCN(CCO)CC1. The van der Waals surface area contributed by atoms with Gasteiger partial charge in [0.2, 0.25) is 0 Å². The average Bonchev–Trinajstić information content (AvgIpc) is 2.65. The first-order chi connectivity index (χ1) is 12.4. The Morgan fingerprint density at radius 3 is 2.31 bits per heavy atom. The molecule has 0 saturated carbocycles. The monoisotopic (exact) mass is 364 g/mol. The topological polar surface area (TPSA) is 73.2 Å². The lowest BCUT2D eigenvalue weighted by Gasteiger charge is -2.34. The molecule has 0 radical (unpaired) electrons. The Balaban J connectivity index is 2.18. The zero-order chi connectivity index (χ0) is 19.3. The highest BCUT2D eigenvalue weighted by atomic mass is 16.6. The maximum atomic E-state index is 12.7. The number of nitrogens with zero attached hydrogens (tertiary/aromatic N) is 2. The zero-order valence-corrected chi connectivity index (χ0v) is 16.5. The van der Waals surface area contributed by atoms with E-state index >= 15 is 0 Å². The van der Waals surface area contributed by atoms with Crippen LogP contribution in [0.1, 0.15) is 42.0 Å². The number of aliphatic hydroxyl groups excluding tert-OH is 1. The molecule has 1 aliphatic heterocycles. The molecule has 2 N–H and O–H groups in total. The molecule has 1 aromatic rings. The molecule has 1 amide bonds. The first-order valence-corrected chi connectivity index (χ1v) is 9.52. The van der Waals surface area contributed by atoms with Crippen molar-refractivity contribution in [2.24, 2.45) is 0 Å².